The molecule has 3 aliphatic carbocycles. The number of halogens is 2. The molecule has 0 N–H and O–H groups in total. The summed E-state index contributed by atoms with van der Waals surface area (Å²) in [5.41, 5.74) is 2.95. The van der Waals surface area contributed by atoms with Gasteiger partial charge in [-0.3, -0.25) is 19.7 Å². The van der Waals surface area contributed by atoms with Crippen molar-refractivity contribution in [3.8, 4) is 0 Å². The number of imide groups is 1. The van der Waals surface area contributed by atoms with Crippen LogP contribution in [0.5, 0.6) is 0 Å². The smallest absolute Gasteiger partial charge is 0.274 e. The Bertz CT molecular complexity index is 1320. The third-order valence-corrected chi connectivity index (χ3v) is 7.77. The number of anilines is 1. The zero-order valence-corrected chi connectivity index (χ0v) is 17.9. The molecule has 1 heterocycles. The lowest BCUT2D eigenvalue weighted by molar-refractivity contribution is -0.384. The van der Waals surface area contributed by atoms with Crippen LogP contribution in [0.25, 0.3) is 0 Å². The van der Waals surface area contributed by atoms with Crippen molar-refractivity contribution in [3.05, 3.63) is 104 Å². The molecule has 32 heavy (non-hydrogen) atoms. The summed E-state index contributed by atoms with van der Waals surface area (Å²) >= 11 is 13.3. The van der Waals surface area contributed by atoms with E-state index in [0.29, 0.717) is 0 Å². The summed E-state index contributed by atoms with van der Waals surface area (Å²) in [4.78, 5) is 38.3. The van der Waals surface area contributed by atoms with Gasteiger partial charge in [0.25, 0.3) is 5.69 Å². The van der Waals surface area contributed by atoms with Gasteiger partial charge in [-0.1, -0.05) is 60.1 Å². The zero-order valence-electron chi connectivity index (χ0n) is 16.4. The first-order valence-electron chi connectivity index (χ1n) is 10.0. The second-order valence-corrected chi connectivity index (χ2v) is 9.30. The van der Waals surface area contributed by atoms with E-state index in [-0.39, 0.29) is 16.6 Å². The highest BCUT2D eigenvalue weighted by molar-refractivity contribution is 6.34. The van der Waals surface area contributed by atoms with Gasteiger partial charge in [-0.2, -0.15) is 0 Å². The Balaban J connectivity index is 1.61. The Labute approximate surface area is 192 Å². The number of carbonyl (C=O) groups excluding carboxylic acids is 2. The van der Waals surface area contributed by atoms with Gasteiger partial charge in [0, 0.05) is 17.0 Å². The van der Waals surface area contributed by atoms with Gasteiger partial charge in [0.2, 0.25) is 11.8 Å². The molecular formula is C24H14Cl2N2O4. The molecule has 4 aliphatic rings. The number of alkyl halides is 1. The topological polar surface area (TPSA) is 80.5 Å². The summed E-state index contributed by atoms with van der Waals surface area (Å²) in [6.45, 7) is 0. The molecule has 2 bridgehead atoms. The van der Waals surface area contributed by atoms with Crippen molar-refractivity contribution < 1.29 is 14.5 Å². The molecule has 0 aromatic heterocycles. The highest BCUT2D eigenvalue weighted by Crippen LogP contribution is 2.66. The van der Waals surface area contributed by atoms with Crippen molar-refractivity contribution in [1.29, 1.82) is 0 Å². The van der Waals surface area contributed by atoms with Crippen LogP contribution in [0.2, 0.25) is 5.02 Å². The number of hydrogen-bond donors (Lipinski definition) is 0. The van der Waals surface area contributed by atoms with Crippen molar-refractivity contribution in [1.82, 2.24) is 0 Å². The van der Waals surface area contributed by atoms with E-state index < -0.39 is 39.1 Å². The number of rotatable bonds is 2. The van der Waals surface area contributed by atoms with Crippen molar-refractivity contribution >= 4 is 46.4 Å². The van der Waals surface area contributed by atoms with Crippen LogP contribution >= 0.6 is 23.2 Å². The van der Waals surface area contributed by atoms with E-state index in [1.165, 1.54) is 12.1 Å². The number of benzene rings is 3. The molecule has 2 atom stereocenters. The van der Waals surface area contributed by atoms with Crippen LogP contribution in [0, 0.1) is 22.0 Å². The maximum absolute atomic E-state index is 13.8. The molecule has 158 valence electrons. The SMILES string of the molecule is O=C1[C@@H]2[C@@H](C(=O)N1c1ccc(Cl)cc1[N+](=O)[O-])C1c3ccccc3C2(Cl)c2ccccc21. The number of amides is 2. The fourth-order valence-electron chi connectivity index (χ4n) is 5.75. The lowest BCUT2D eigenvalue weighted by Gasteiger charge is -2.50. The van der Waals surface area contributed by atoms with E-state index in [1.807, 2.05) is 48.5 Å². The Morgan fingerprint density at radius 2 is 1.50 bits per heavy atom. The van der Waals surface area contributed by atoms with Crippen molar-refractivity contribution in [2.45, 2.75) is 10.8 Å². The fourth-order valence-corrected chi connectivity index (χ4v) is 6.49. The normalized spacial score (nSPS) is 27.2. The molecule has 1 fully saturated rings. The Kier molecular flexibility index (Phi) is 3.89. The van der Waals surface area contributed by atoms with Gasteiger partial charge < -0.3 is 0 Å². The minimum Gasteiger partial charge on any atom is -0.274 e. The molecule has 6 nitrogen and oxygen atoms in total. The fraction of sp³-hybridized carbons (Fsp3) is 0.167. The highest BCUT2D eigenvalue weighted by Gasteiger charge is 2.68. The van der Waals surface area contributed by atoms with Gasteiger partial charge in [-0.15, -0.1) is 11.6 Å². The second kappa shape index (κ2) is 6.40. The first-order chi connectivity index (χ1) is 15.4. The predicted octanol–water partition coefficient (Wildman–Crippen LogP) is 5.00. The standard InChI is InChI=1S/C24H14Cl2N2O4/c25-12-9-10-17(18(11-12)28(31)32)27-22(29)20-19-13-5-1-3-7-15(13)24(26,21(20)23(27)30)16-8-4-2-6-14(16)19/h1-11,19-21H/t19?,20-,21-,24?/m0/s1. The van der Waals surface area contributed by atoms with Gasteiger partial charge in [0.15, 0.2) is 0 Å². The molecule has 0 unspecified atom stereocenters. The van der Waals surface area contributed by atoms with E-state index in [2.05, 4.69) is 0 Å². The number of hydrogen-bond acceptors (Lipinski definition) is 4. The summed E-state index contributed by atoms with van der Waals surface area (Å²) in [6.07, 6.45) is 0. The van der Waals surface area contributed by atoms with Crippen molar-refractivity contribution in [3.63, 3.8) is 0 Å². The molecule has 7 rings (SSSR count). The van der Waals surface area contributed by atoms with E-state index in [0.717, 1.165) is 33.2 Å². The third kappa shape index (κ3) is 2.21. The number of nitro groups is 1. The van der Waals surface area contributed by atoms with E-state index in [9.17, 15) is 19.7 Å². The first-order valence-corrected chi connectivity index (χ1v) is 10.8. The average molecular weight is 465 g/mol. The van der Waals surface area contributed by atoms with Gasteiger partial charge in [0.1, 0.15) is 10.6 Å². The summed E-state index contributed by atoms with van der Waals surface area (Å²) in [5.74, 6) is -3.00. The molecule has 1 aliphatic heterocycles. The van der Waals surface area contributed by atoms with E-state index in [4.69, 9.17) is 23.2 Å². The summed E-state index contributed by atoms with van der Waals surface area (Å²) in [6, 6.07) is 19.1. The zero-order chi connectivity index (χ0) is 22.4. The van der Waals surface area contributed by atoms with Crippen LogP contribution in [0.1, 0.15) is 28.2 Å². The summed E-state index contributed by atoms with van der Waals surface area (Å²) in [5, 5.41) is 11.8. The quantitative estimate of drug-likeness (QED) is 0.231. The van der Waals surface area contributed by atoms with E-state index >= 15 is 0 Å². The highest BCUT2D eigenvalue weighted by atomic mass is 35.5. The van der Waals surface area contributed by atoms with Crippen LogP contribution in [-0.4, -0.2) is 16.7 Å². The van der Waals surface area contributed by atoms with Crippen molar-refractivity contribution in [2.24, 2.45) is 11.8 Å². The molecular weight excluding hydrogens is 451 g/mol. The molecule has 8 heteroatoms. The van der Waals surface area contributed by atoms with Crippen LogP contribution < -0.4 is 4.90 Å². The Hall–Kier alpha value is -3.22. The van der Waals surface area contributed by atoms with Crippen LogP contribution in [0.4, 0.5) is 11.4 Å². The maximum Gasteiger partial charge on any atom is 0.294 e. The van der Waals surface area contributed by atoms with Crippen LogP contribution in [0.15, 0.2) is 66.7 Å². The average Bonchev–Trinajstić information content (AvgIpc) is 3.06. The largest absolute Gasteiger partial charge is 0.294 e. The second-order valence-electron chi connectivity index (χ2n) is 8.27. The molecule has 0 spiro atoms. The predicted molar refractivity (Wildman–Crippen MR) is 119 cm³/mol. The van der Waals surface area contributed by atoms with Gasteiger partial charge >= 0.3 is 0 Å². The summed E-state index contributed by atoms with van der Waals surface area (Å²) in [7, 11) is 0. The van der Waals surface area contributed by atoms with Gasteiger partial charge in [-0.25, -0.2) is 4.90 Å². The molecule has 3 aromatic rings. The van der Waals surface area contributed by atoms with Crippen LogP contribution in [0.3, 0.4) is 0 Å². The molecule has 3 aromatic carbocycles. The van der Waals surface area contributed by atoms with E-state index in [1.54, 1.807) is 0 Å². The Morgan fingerprint density at radius 1 is 0.906 bits per heavy atom. The monoisotopic (exact) mass is 464 g/mol. The molecule has 0 radical (unpaired) electrons. The third-order valence-electron chi connectivity index (χ3n) is 6.89. The lowest BCUT2D eigenvalue weighted by atomic mass is 9.54. The minimum absolute atomic E-state index is 0.0865. The van der Waals surface area contributed by atoms with Crippen LogP contribution in [-0.2, 0) is 14.5 Å². The first kappa shape index (κ1) is 19.5. The van der Waals surface area contributed by atoms with Gasteiger partial charge in [-0.05, 0) is 34.4 Å². The number of nitrogens with zero attached hydrogens (tertiary/aromatic N) is 2. The lowest BCUT2D eigenvalue weighted by Crippen LogP contribution is -2.50. The maximum atomic E-state index is 13.8. The number of nitro benzene ring substituents is 1. The Morgan fingerprint density at radius 3 is 2.09 bits per heavy atom. The minimum atomic E-state index is -1.24. The summed E-state index contributed by atoms with van der Waals surface area (Å²) < 4.78 is 0. The molecule has 2 amide bonds. The van der Waals surface area contributed by atoms with Crippen molar-refractivity contribution in [2.75, 3.05) is 4.90 Å². The van der Waals surface area contributed by atoms with Gasteiger partial charge in [0.05, 0.1) is 16.8 Å². The number of carbonyl (C=O) groups is 2. The molecule has 0 saturated carbocycles. The molecule has 1 saturated heterocycles.